The molecule has 1 unspecified atom stereocenters. The van der Waals surface area contributed by atoms with E-state index in [0.29, 0.717) is 42.5 Å². The molecule has 1 atom stereocenters. The van der Waals surface area contributed by atoms with Crippen LogP contribution in [0.5, 0.6) is 11.5 Å². The third-order valence-electron chi connectivity index (χ3n) is 12.3. The normalized spacial score (nSPS) is 14.6. The second-order valence-electron chi connectivity index (χ2n) is 17.7. The summed E-state index contributed by atoms with van der Waals surface area (Å²) >= 11 is 0. The van der Waals surface area contributed by atoms with E-state index in [0.717, 1.165) is 38.8 Å². The van der Waals surface area contributed by atoms with Crippen molar-refractivity contribution in [1.82, 2.24) is 14.8 Å². The Morgan fingerprint density at radius 2 is 1.51 bits per heavy atom. The molecule has 2 N–H and O–H groups in total. The Morgan fingerprint density at radius 1 is 0.825 bits per heavy atom. The number of furan rings is 1. The van der Waals surface area contributed by atoms with Gasteiger partial charge in [-0.25, -0.2) is 9.78 Å². The van der Waals surface area contributed by atoms with Gasteiger partial charge in [-0.15, -0.1) is 0 Å². The molecule has 3 amide bonds. The van der Waals surface area contributed by atoms with Gasteiger partial charge in [0.15, 0.2) is 11.5 Å². The number of fused-ring (bicyclic) bond motifs is 3. The van der Waals surface area contributed by atoms with Crippen LogP contribution in [-0.4, -0.2) is 54.5 Å². The highest BCUT2D eigenvalue weighted by Crippen LogP contribution is 2.45. The summed E-state index contributed by atoms with van der Waals surface area (Å²) in [5.74, 6) is 1.42. The van der Waals surface area contributed by atoms with E-state index >= 15 is 4.79 Å². The Balaban J connectivity index is 1.15. The summed E-state index contributed by atoms with van der Waals surface area (Å²) in [6, 6.07) is 45.9. The lowest BCUT2D eigenvalue weighted by atomic mass is 9.94. The molecule has 2 aromatic heterocycles. The molecule has 0 spiro atoms. The molecule has 4 heterocycles. The molecule has 0 aliphatic carbocycles. The summed E-state index contributed by atoms with van der Waals surface area (Å²) in [6.07, 6.45) is 0.465. The van der Waals surface area contributed by atoms with E-state index in [4.69, 9.17) is 29.0 Å². The number of hydrogen-bond acceptors (Lipinski definition) is 7. The van der Waals surface area contributed by atoms with Crippen molar-refractivity contribution in [3.63, 3.8) is 0 Å². The monoisotopic (exact) mass is 856 g/mol. The number of hydrogen-bond donors (Lipinski definition) is 1. The number of nitrogens with zero attached hydrogens (tertiary/aromatic N) is 3. The molecule has 0 saturated heterocycles. The third-order valence-corrected chi connectivity index (χ3v) is 17.4. The molecule has 5 aromatic carbocycles. The molecule has 320 valence electrons. The molecular weight excluding hydrogens is 805 g/mol. The Kier molecular flexibility index (Phi) is 11.2. The molecule has 10 nitrogen and oxygen atoms in total. The van der Waals surface area contributed by atoms with Gasteiger partial charge in [0, 0.05) is 47.8 Å². The van der Waals surface area contributed by atoms with Crippen LogP contribution in [0.1, 0.15) is 74.3 Å². The first-order chi connectivity index (χ1) is 30.4. The van der Waals surface area contributed by atoms with E-state index in [1.165, 1.54) is 10.4 Å². The Hall–Kier alpha value is -6.69. The van der Waals surface area contributed by atoms with Crippen LogP contribution in [0.4, 0.5) is 4.79 Å². The zero-order valence-corrected chi connectivity index (χ0v) is 37.3. The summed E-state index contributed by atoms with van der Waals surface area (Å²) in [5.41, 5.74) is 11.8. The SMILES string of the molecule is CC(C)N(Cc1ccc2c(c1)OCO2)C(=O)N1Cc2cc(C(N)=O)nc(-c3cccc(-c4cc5ccccc5o4)c3)c2C1CCO[Si](c1ccccc1)(c1ccccc1)C(C)(C)C. The minimum atomic E-state index is -2.95. The molecule has 2 aliphatic rings. The number of amides is 3. The highest BCUT2D eigenvalue weighted by molar-refractivity contribution is 6.99. The number of nitrogens with two attached hydrogens (primary N) is 1. The zero-order chi connectivity index (χ0) is 43.9. The maximum Gasteiger partial charge on any atom is 0.321 e. The van der Waals surface area contributed by atoms with Crippen LogP contribution in [0.25, 0.3) is 33.6 Å². The van der Waals surface area contributed by atoms with Gasteiger partial charge in [0.2, 0.25) is 6.79 Å². The standard InChI is InChI=1S/C52H52N4O6Si/c1-34(2)55(31-35-23-24-45-47(27-35)60-33-59-45)51(58)56-32-39-29-42(50(53)57)54-49(38-17-14-16-36(28-38)46-30-37-15-12-13-22-44(37)62-46)48(39)43(56)25-26-61-63(52(3,4)5,40-18-8-6-9-19-40)41-20-10-7-11-21-41/h6-24,27-30,34,43H,25-26,31-33H2,1-5H3,(H2,53,57). The van der Waals surface area contributed by atoms with Crippen LogP contribution in [-0.2, 0) is 17.5 Å². The van der Waals surface area contributed by atoms with Crippen molar-refractivity contribution in [1.29, 1.82) is 0 Å². The fourth-order valence-corrected chi connectivity index (χ4v) is 13.9. The number of aromatic nitrogens is 1. The predicted octanol–water partition coefficient (Wildman–Crippen LogP) is 9.84. The van der Waals surface area contributed by atoms with Crippen molar-refractivity contribution in [2.75, 3.05) is 13.4 Å². The van der Waals surface area contributed by atoms with Gasteiger partial charge in [0.05, 0.1) is 11.7 Å². The van der Waals surface area contributed by atoms with Crippen LogP contribution in [0.15, 0.2) is 144 Å². The first-order valence-electron chi connectivity index (χ1n) is 21.5. The lowest BCUT2D eigenvalue weighted by Crippen LogP contribution is -2.66. The molecular formula is C52H52N4O6Si. The number of carbonyl (C=O) groups is 2. The van der Waals surface area contributed by atoms with Crippen molar-refractivity contribution in [3.05, 3.63) is 162 Å². The van der Waals surface area contributed by atoms with E-state index in [1.807, 2.05) is 109 Å². The number of rotatable bonds is 12. The molecule has 63 heavy (non-hydrogen) atoms. The number of primary amides is 1. The number of carbonyl (C=O) groups excluding carboxylic acids is 2. The highest BCUT2D eigenvalue weighted by atomic mass is 28.4. The van der Waals surface area contributed by atoms with Gasteiger partial charge in [-0.3, -0.25) is 4.79 Å². The topological polar surface area (TPSA) is 120 Å². The van der Waals surface area contributed by atoms with Crippen molar-refractivity contribution in [2.45, 2.75) is 71.3 Å². The molecule has 0 saturated carbocycles. The number of ether oxygens (including phenoxy) is 2. The second-order valence-corrected chi connectivity index (χ2v) is 22.0. The molecule has 7 aromatic rings. The fourth-order valence-electron chi connectivity index (χ4n) is 9.31. The van der Waals surface area contributed by atoms with Crippen molar-refractivity contribution in [3.8, 4) is 34.1 Å². The van der Waals surface area contributed by atoms with Crippen molar-refractivity contribution < 1.29 is 27.9 Å². The number of para-hydroxylation sites is 1. The maximum absolute atomic E-state index is 15.3. The van der Waals surface area contributed by atoms with E-state index in [2.05, 4.69) is 69.3 Å². The van der Waals surface area contributed by atoms with Gasteiger partial charge in [0.1, 0.15) is 17.0 Å². The number of benzene rings is 5. The van der Waals surface area contributed by atoms with Gasteiger partial charge < -0.3 is 33.9 Å². The zero-order valence-electron chi connectivity index (χ0n) is 36.3. The number of urea groups is 1. The third kappa shape index (κ3) is 7.87. The van der Waals surface area contributed by atoms with E-state index in [9.17, 15) is 4.79 Å². The summed E-state index contributed by atoms with van der Waals surface area (Å²) < 4.78 is 25.1. The highest BCUT2D eigenvalue weighted by Gasteiger charge is 2.50. The smallest absolute Gasteiger partial charge is 0.321 e. The molecule has 2 aliphatic heterocycles. The van der Waals surface area contributed by atoms with Crippen molar-refractivity contribution in [2.24, 2.45) is 5.73 Å². The number of pyridine rings is 1. The van der Waals surface area contributed by atoms with E-state index < -0.39 is 20.3 Å². The van der Waals surface area contributed by atoms with Gasteiger partial charge in [0.25, 0.3) is 14.2 Å². The maximum atomic E-state index is 15.3. The van der Waals surface area contributed by atoms with Crippen molar-refractivity contribution >= 4 is 41.6 Å². The summed E-state index contributed by atoms with van der Waals surface area (Å²) in [5, 5.41) is 3.10. The van der Waals surface area contributed by atoms with Gasteiger partial charge in [-0.05, 0) is 83.2 Å². The van der Waals surface area contributed by atoms with Crippen LogP contribution < -0.4 is 25.6 Å². The minimum Gasteiger partial charge on any atom is -0.456 e. The largest absolute Gasteiger partial charge is 0.456 e. The molecule has 0 fully saturated rings. The molecule has 11 heteroatoms. The molecule has 0 radical (unpaired) electrons. The summed E-state index contributed by atoms with van der Waals surface area (Å²) in [6.45, 7) is 12.0. The van der Waals surface area contributed by atoms with Crippen LogP contribution in [0, 0.1) is 0 Å². The fraction of sp³-hybridized carbons (Fsp3) is 0.250. The van der Waals surface area contributed by atoms with Gasteiger partial charge in [-0.1, -0.05) is 124 Å². The lowest BCUT2D eigenvalue weighted by molar-refractivity contribution is 0.0995. The molecule has 0 bridgehead atoms. The summed E-state index contributed by atoms with van der Waals surface area (Å²) in [4.78, 5) is 37.1. The first-order valence-corrected chi connectivity index (χ1v) is 23.5. The second kappa shape index (κ2) is 16.9. The Bertz CT molecular complexity index is 2730. The summed E-state index contributed by atoms with van der Waals surface area (Å²) in [7, 11) is -2.95. The Morgan fingerprint density at radius 3 is 2.19 bits per heavy atom. The van der Waals surface area contributed by atoms with Gasteiger partial charge in [-0.2, -0.15) is 0 Å². The Labute approximate surface area is 369 Å². The molecule has 9 rings (SSSR count). The predicted molar refractivity (Wildman–Crippen MR) is 249 cm³/mol. The average Bonchev–Trinajstić information content (AvgIpc) is 4.04. The van der Waals surface area contributed by atoms with Gasteiger partial charge >= 0.3 is 6.03 Å². The lowest BCUT2D eigenvalue weighted by Gasteiger charge is -2.43. The van der Waals surface area contributed by atoms with Crippen LogP contribution in [0.2, 0.25) is 5.04 Å². The van der Waals surface area contributed by atoms with Crippen LogP contribution in [0.3, 0.4) is 0 Å². The van der Waals surface area contributed by atoms with E-state index in [1.54, 1.807) is 6.07 Å². The van der Waals surface area contributed by atoms with E-state index in [-0.39, 0.29) is 36.1 Å². The van der Waals surface area contributed by atoms with Crippen LogP contribution >= 0.6 is 0 Å². The first kappa shape index (κ1) is 41.6. The minimum absolute atomic E-state index is 0.135. The average molecular weight is 857 g/mol. The quantitative estimate of drug-likeness (QED) is 0.122.